The Bertz CT molecular complexity index is 346. The summed E-state index contributed by atoms with van der Waals surface area (Å²) in [5.41, 5.74) is 0. The number of guanidine groups is 1. The molecule has 2 aliphatic carbocycles. The molecule has 3 aliphatic rings. The highest BCUT2D eigenvalue weighted by Crippen LogP contribution is 2.34. The molecule has 3 rings (SSSR count). The van der Waals surface area contributed by atoms with Gasteiger partial charge in [-0.1, -0.05) is 0 Å². The molecule has 4 nitrogen and oxygen atoms in total. The fraction of sp³-hybridized carbons (Fsp3) is 0.938. The van der Waals surface area contributed by atoms with Gasteiger partial charge in [0.1, 0.15) is 0 Å². The third kappa shape index (κ3) is 5.37. The van der Waals surface area contributed by atoms with Gasteiger partial charge in [0.25, 0.3) is 0 Å². The van der Waals surface area contributed by atoms with Crippen LogP contribution in [0.15, 0.2) is 4.99 Å². The number of rotatable bonds is 8. The van der Waals surface area contributed by atoms with Crippen LogP contribution in [0, 0.1) is 5.92 Å². The predicted octanol–water partition coefficient (Wildman–Crippen LogP) is 1.92. The molecule has 0 radical (unpaired) electrons. The molecule has 1 heterocycles. The smallest absolute Gasteiger partial charge is 0.191 e. The van der Waals surface area contributed by atoms with E-state index in [-0.39, 0.29) is 0 Å². The van der Waals surface area contributed by atoms with Crippen molar-refractivity contribution in [3.8, 4) is 0 Å². The number of aliphatic imine (C=N–C) groups is 1. The van der Waals surface area contributed by atoms with Crippen LogP contribution in [-0.2, 0) is 0 Å². The normalized spacial score (nSPS) is 26.4. The molecule has 0 amide bonds. The maximum atomic E-state index is 4.35. The molecule has 1 aliphatic heterocycles. The van der Waals surface area contributed by atoms with E-state index >= 15 is 0 Å². The second-order valence-corrected chi connectivity index (χ2v) is 8.09. The second kappa shape index (κ2) is 7.73. The Morgan fingerprint density at radius 3 is 2.67 bits per heavy atom. The minimum absolute atomic E-state index is 0.779. The minimum atomic E-state index is 0.779. The van der Waals surface area contributed by atoms with Crippen molar-refractivity contribution in [2.45, 2.75) is 49.8 Å². The highest BCUT2D eigenvalue weighted by atomic mass is 32.2. The quantitative estimate of drug-likeness (QED) is 0.531. The Labute approximate surface area is 133 Å². The summed E-state index contributed by atoms with van der Waals surface area (Å²) in [6.07, 6.45) is 8.47. The largest absolute Gasteiger partial charge is 0.355 e. The Morgan fingerprint density at radius 1 is 1.19 bits per heavy atom. The number of nitrogens with zero attached hydrogens (tertiary/aromatic N) is 2. The van der Waals surface area contributed by atoms with Gasteiger partial charge in [0, 0.05) is 44.5 Å². The molecule has 2 saturated carbocycles. The molecule has 1 atom stereocenters. The zero-order valence-electron chi connectivity index (χ0n) is 13.3. The van der Waals surface area contributed by atoms with Crippen molar-refractivity contribution in [1.82, 2.24) is 15.5 Å². The molecule has 5 heteroatoms. The Kier molecular flexibility index (Phi) is 5.69. The van der Waals surface area contributed by atoms with Gasteiger partial charge >= 0.3 is 0 Å². The summed E-state index contributed by atoms with van der Waals surface area (Å²) < 4.78 is 0. The lowest BCUT2D eigenvalue weighted by Gasteiger charge is -2.23. The van der Waals surface area contributed by atoms with Crippen LogP contribution in [0.1, 0.15) is 38.5 Å². The molecule has 0 aromatic rings. The minimum Gasteiger partial charge on any atom is -0.355 e. The van der Waals surface area contributed by atoms with Gasteiger partial charge in [0.15, 0.2) is 5.96 Å². The SMILES string of the molecule is CN=C(NCCN(CC1CC1)C1CC1)NCC1CCCS1. The third-order valence-corrected chi connectivity index (χ3v) is 6.09. The van der Waals surface area contributed by atoms with E-state index in [1.807, 2.05) is 7.05 Å². The van der Waals surface area contributed by atoms with Gasteiger partial charge in [0.05, 0.1) is 0 Å². The number of hydrogen-bond donors (Lipinski definition) is 2. The number of nitrogens with one attached hydrogen (secondary N) is 2. The van der Waals surface area contributed by atoms with E-state index in [4.69, 9.17) is 0 Å². The van der Waals surface area contributed by atoms with Crippen molar-refractivity contribution in [2.75, 3.05) is 39.0 Å². The first-order chi connectivity index (χ1) is 10.3. The first kappa shape index (κ1) is 15.5. The molecule has 120 valence electrons. The van der Waals surface area contributed by atoms with Crippen LogP contribution >= 0.6 is 11.8 Å². The van der Waals surface area contributed by atoms with Crippen LogP contribution in [0.4, 0.5) is 0 Å². The van der Waals surface area contributed by atoms with Crippen molar-refractivity contribution in [1.29, 1.82) is 0 Å². The third-order valence-electron chi connectivity index (χ3n) is 4.69. The molecule has 1 saturated heterocycles. The molecule has 1 unspecified atom stereocenters. The first-order valence-corrected chi connectivity index (χ1v) is 9.70. The van der Waals surface area contributed by atoms with E-state index < -0.39 is 0 Å². The van der Waals surface area contributed by atoms with Gasteiger partial charge in [-0.25, -0.2) is 0 Å². The van der Waals surface area contributed by atoms with E-state index in [2.05, 4.69) is 32.3 Å². The first-order valence-electron chi connectivity index (χ1n) is 8.65. The lowest BCUT2D eigenvalue weighted by molar-refractivity contribution is 0.256. The van der Waals surface area contributed by atoms with E-state index in [0.717, 1.165) is 36.3 Å². The Hall–Kier alpha value is -0.420. The molecule has 0 spiro atoms. The summed E-state index contributed by atoms with van der Waals surface area (Å²) >= 11 is 2.10. The molecule has 21 heavy (non-hydrogen) atoms. The van der Waals surface area contributed by atoms with Crippen molar-refractivity contribution in [2.24, 2.45) is 10.9 Å². The molecular formula is C16H30N4S. The topological polar surface area (TPSA) is 39.7 Å². The zero-order valence-corrected chi connectivity index (χ0v) is 14.1. The Balaban J connectivity index is 1.31. The summed E-state index contributed by atoms with van der Waals surface area (Å²) in [6, 6.07) is 0.886. The average Bonchev–Trinajstić information content (AvgIpc) is 3.42. The van der Waals surface area contributed by atoms with Gasteiger partial charge in [0.2, 0.25) is 0 Å². The fourth-order valence-electron chi connectivity index (χ4n) is 3.05. The second-order valence-electron chi connectivity index (χ2n) is 6.68. The highest BCUT2D eigenvalue weighted by molar-refractivity contribution is 8.00. The van der Waals surface area contributed by atoms with Crippen LogP contribution in [0.2, 0.25) is 0 Å². The van der Waals surface area contributed by atoms with Crippen molar-refractivity contribution in [3.05, 3.63) is 0 Å². The van der Waals surface area contributed by atoms with Gasteiger partial charge in [-0.15, -0.1) is 0 Å². The van der Waals surface area contributed by atoms with Crippen LogP contribution in [0.5, 0.6) is 0 Å². The Morgan fingerprint density at radius 2 is 2.05 bits per heavy atom. The van der Waals surface area contributed by atoms with Crippen LogP contribution in [0.25, 0.3) is 0 Å². The summed E-state index contributed by atoms with van der Waals surface area (Å²) in [6.45, 7) is 4.57. The lowest BCUT2D eigenvalue weighted by Crippen LogP contribution is -2.44. The maximum Gasteiger partial charge on any atom is 0.191 e. The van der Waals surface area contributed by atoms with Gasteiger partial charge < -0.3 is 10.6 Å². The maximum absolute atomic E-state index is 4.35. The molecule has 2 N–H and O–H groups in total. The predicted molar refractivity (Wildman–Crippen MR) is 92.2 cm³/mol. The fourth-order valence-corrected chi connectivity index (χ4v) is 4.25. The number of thioether (sulfide) groups is 1. The van der Waals surface area contributed by atoms with Gasteiger partial charge in [-0.3, -0.25) is 9.89 Å². The van der Waals surface area contributed by atoms with E-state index in [1.54, 1.807) is 0 Å². The van der Waals surface area contributed by atoms with E-state index in [0.29, 0.717) is 0 Å². The molecule has 0 aromatic carbocycles. The summed E-state index contributed by atoms with van der Waals surface area (Å²) in [4.78, 5) is 7.05. The van der Waals surface area contributed by atoms with Gasteiger partial charge in [-0.05, 0) is 50.2 Å². The van der Waals surface area contributed by atoms with Crippen LogP contribution in [-0.4, -0.2) is 61.1 Å². The van der Waals surface area contributed by atoms with Gasteiger partial charge in [-0.2, -0.15) is 11.8 Å². The lowest BCUT2D eigenvalue weighted by atomic mass is 10.2. The van der Waals surface area contributed by atoms with E-state index in [1.165, 1.54) is 57.4 Å². The summed E-state index contributed by atoms with van der Waals surface area (Å²) in [5, 5.41) is 7.75. The van der Waals surface area contributed by atoms with Crippen LogP contribution < -0.4 is 10.6 Å². The number of hydrogen-bond acceptors (Lipinski definition) is 3. The molecule has 0 aromatic heterocycles. The van der Waals surface area contributed by atoms with Crippen LogP contribution in [0.3, 0.4) is 0 Å². The summed E-state index contributed by atoms with van der Waals surface area (Å²) in [5.74, 6) is 3.31. The van der Waals surface area contributed by atoms with Crippen molar-refractivity contribution >= 4 is 17.7 Å². The van der Waals surface area contributed by atoms with E-state index in [9.17, 15) is 0 Å². The van der Waals surface area contributed by atoms with Crippen molar-refractivity contribution < 1.29 is 0 Å². The molecule has 0 bridgehead atoms. The highest BCUT2D eigenvalue weighted by Gasteiger charge is 2.33. The average molecular weight is 311 g/mol. The molecule has 3 fully saturated rings. The molecular weight excluding hydrogens is 280 g/mol. The standard InChI is InChI=1S/C16H30N4S/c1-17-16(19-11-15-3-2-10-21-15)18-8-9-20(14-6-7-14)12-13-4-5-13/h13-15H,2-12H2,1H3,(H2,17,18,19). The zero-order chi connectivity index (χ0) is 14.5. The van der Waals surface area contributed by atoms with Crippen molar-refractivity contribution in [3.63, 3.8) is 0 Å². The monoisotopic (exact) mass is 310 g/mol. The summed E-state index contributed by atoms with van der Waals surface area (Å²) in [7, 11) is 1.87.